The molecule has 1 aromatic heterocycles. The second kappa shape index (κ2) is 2.87. The Labute approximate surface area is 65.3 Å². The highest BCUT2D eigenvalue weighted by Gasteiger charge is 1.99. The van der Waals surface area contributed by atoms with E-state index in [1.54, 1.807) is 18.2 Å². The van der Waals surface area contributed by atoms with Crippen LogP contribution in [0.2, 0.25) is 0 Å². The molecule has 0 bridgehead atoms. The number of nitrogens with one attached hydrogen (secondary N) is 1. The van der Waals surface area contributed by atoms with Crippen molar-refractivity contribution in [3.05, 3.63) is 24.4 Å². The lowest BCUT2D eigenvalue weighted by atomic mass is 10.5. The molecular weight excluding hydrogens is 164 g/mol. The Morgan fingerprint density at radius 3 is 2.82 bits per heavy atom. The first kappa shape index (κ1) is 8.00. The van der Waals surface area contributed by atoms with E-state index in [-0.39, 0.29) is 5.82 Å². The summed E-state index contributed by atoms with van der Waals surface area (Å²) in [6.07, 6.45) is 3.58. The summed E-state index contributed by atoms with van der Waals surface area (Å²) in [5.74, 6) is 0.287. The minimum atomic E-state index is -3.21. The maximum absolute atomic E-state index is 10.6. The van der Waals surface area contributed by atoms with Gasteiger partial charge in [0.25, 0.3) is 0 Å². The van der Waals surface area contributed by atoms with Crippen LogP contribution in [0.4, 0.5) is 5.82 Å². The highest BCUT2D eigenvalue weighted by atomic mass is 32.2. The zero-order valence-corrected chi connectivity index (χ0v) is 6.72. The quantitative estimate of drug-likeness (QED) is 0.694. The summed E-state index contributed by atoms with van der Waals surface area (Å²) >= 11 is 0. The van der Waals surface area contributed by atoms with E-state index in [9.17, 15) is 8.42 Å². The molecule has 1 rings (SSSR count). The van der Waals surface area contributed by atoms with E-state index in [0.29, 0.717) is 0 Å². The van der Waals surface area contributed by atoms with Gasteiger partial charge in [0, 0.05) is 0 Å². The van der Waals surface area contributed by atoms with Crippen molar-refractivity contribution in [2.75, 3.05) is 11.0 Å². The fourth-order valence-electron chi connectivity index (χ4n) is 0.573. The van der Waals surface area contributed by atoms with Crippen LogP contribution in [0.5, 0.6) is 0 Å². The Morgan fingerprint density at radius 2 is 2.36 bits per heavy atom. The molecule has 0 unspecified atom stereocenters. The molecular formula is C6H7N2O2S. The maximum atomic E-state index is 10.6. The van der Waals surface area contributed by atoms with Gasteiger partial charge in [0.2, 0.25) is 10.0 Å². The van der Waals surface area contributed by atoms with Crippen molar-refractivity contribution < 1.29 is 8.42 Å². The average Bonchev–Trinajstić information content (AvgIpc) is 1.85. The van der Waals surface area contributed by atoms with Crippen molar-refractivity contribution in [1.82, 2.24) is 4.98 Å². The Morgan fingerprint density at radius 1 is 1.64 bits per heavy atom. The third-order valence-electron chi connectivity index (χ3n) is 0.900. The predicted molar refractivity (Wildman–Crippen MR) is 41.5 cm³/mol. The lowest BCUT2D eigenvalue weighted by molar-refractivity contribution is 0.606. The first-order valence-corrected chi connectivity index (χ1v) is 4.78. The van der Waals surface area contributed by atoms with E-state index in [0.717, 1.165) is 6.26 Å². The number of pyridine rings is 1. The molecule has 1 radical (unpaired) electrons. The second-order valence-electron chi connectivity index (χ2n) is 2.03. The number of sulfonamides is 1. The third kappa shape index (κ3) is 2.99. The largest absolute Gasteiger partial charge is 0.268 e. The average molecular weight is 171 g/mol. The van der Waals surface area contributed by atoms with Crippen molar-refractivity contribution in [2.24, 2.45) is 0 Å². The molecule has 0 aliphatic carbocycles. The van der Waals surface area contributed by atoms with Gasteiger partial charge in [0.15, 0.2) is 0 Å². The molecule has 1 heterocycles. The Hall–Kier alpha value is -1.10. The van der Waals surface area contributed by atoms with Crippen LogP contribution in [0.15, 0.2) is 18.2 Å². The SMILES string of the molecule is CS(=O)(=O)Nc1ccc[c]n1. The van der Waals surface area contributed by atoms with E-state index >= 15 is 0 Å². The van der Waals surface area contributed by atoms with Crippen LogP contribution in [0.25, 0.3) is 0 Å². The normalized spacial score (nSPS) is 11.0. The van der Waals surface area contributed by atoms with Gasteiger partial charge in [0.1, 0.15) is 5.82 Å². The number of nitrogens with zero attached hydrogens (tertiary/aromatic N) is 1. The molecule has 0 saturated heterocycles. The molecule has 0 spiro atoms. The fourth-order valence-corrected chi connectivity index (χ4v) is 1.07. The lowest BCUT2D eigenvalue weighted by Gasteiger charge is -1.99. The van der Waals surface area contributed by atoms with Gasteiger partial charge < -0.3 is 0 Å². The first-order valence-electron chi connectivity index (χ1n) is 2.89. The third-order valence-corrected chi connectivity index (χ3v) is 1.48. The topological polar surface area (TPSA) is 59.1 Å². The van der Waals surface area contributed by atoms with Crippen LogP contribution in [0, 0.1) is 6.20 Å². The molecule has 1 aromatic rings. The number of anilines is 1. The molecule has 0 atom stereocenters. The molecule has 0 aliphatic rings. The zero-order chi connectivity index (χ0) is 8.32. The van der Waals surface area contributed by atoms with Crippen molar-refractivity contribution in [3.63, 3.8) is 0 Å². The Balaban J connectivity index is 2.82. The number of rotatable bonds is 2. The van der Waals surface area contributed by atoms with Crippen LogP contribution in [-0.4, -0.2) is 19.7 Å². The Kier molecular flexibility index (Phi) is 2.09. The standard InChI is InChI=1S/C6H7N2O2S/c1-11(9,10)8-6-4-2-3-5-7-6/h2-4H,1H3,(H,7,8). The van der Waals surface area contributed by atoms with Gasteiger partial charge in [-0.15, -0.1) is 0 Å². The van der Waals surface area contributed by atoms with Crippen LogP contribution >= 0.6 is 0 Å². The molecule has 0 saturated carbocycles. The van der Waals surface area contributed by atoms with Gasteiger partial charge in [-0.2, -0.15) is 0 Å². The zero-order valence-electron chi connectivity index (χ0n) is 5.90. The van der Waals surface area contributed by atoms with E-state index in [1.807, 2.05) is 0 Å². The molecule has 0 amide bonds. The number of hydrogen-bond acceptors (Lipinski definition) is 3. The first-order chi connectivity index (χ1) is 5.08. The fraction of sp³-hybridized carbons (Fsp3) is 0.167. The molecule has 1 N–H and O–H groups in total. The predicted octanol–water partition coefficient (Wildman–Crippen LogP) is 0.253. The summed E-state index contributed by atoms with van der Waals surface area (Å²) in [7, 11) is -3.21. The van der Waals surface area contributed by atoms with Crippen LogP contribution in [-0.2, 0) is 10.0 Å². The second-order valence-corrected chi connectivity index (χ2v) is 3.77. The number of aromatic nitrogens is 1. The maximum Gasteiger partial charge on any atom is 0.230 e. The van der Waals surface area contributed by atoms with Gasteiger partial charge in [-0.05, 0) is 12.1 Å². The van der Waals surface area contributed by atoms with Gasteiger partial charge in [-0.1, -0.05) is 6.07 Å². The highest BCUT2D eigenvalue weighted by molar-refractivity contribution is 7.92. The molecule has 0 aromatic carbocycles. The minimum absolute atomic E-state index is 0.287. The lowest BCUT2D eigenvalue weighted by Crippen LogP contribution is -2.10. The van der Waals surface area contributed by atoms with Crippen molar-refractivity contribution in [1.29, 1.82) is 0 Å². The van der Waals surface area contributed by atoms with Crippen molar-refractivity contribution in [2.45, 2.75) is 0 Å². The van der Waals surface area contributed by atoms with Crippen molar-refractivity contribution in [3.8, 4) is 0 Å². The van der Waals surface area contributed by atoms with Crippen LogP contribution in [0.3, 0.4) is 0 Å². The minimum Gasteiger partial charge on any atom is -0.268 e. The van der Waals surface area contributed by atoms with E-state index in [2.05, 4.69) is 15.9 Å². The van der Waals surface area contributed by atoms with E-state index in [4.69, 9.17) is 0 Å². The van der Waals surface area contributed by atoms with Gasteiger partial charge >= 0.3 is 0 Å². The van der Waals surface area contributed by atoms with Crippen LogP contribution < -0.4 is 4.72 Å². The Bertz CT molecular complexity index is 320. The summed E-state index contributed by atoms with van der Waals surface area (Å²) in [5, 5.41) is 0. The molecule has 5 heteroatoms. The van der Waals surface area contributed by atoms with Gasteiger partial charge in [-0.25, -0.2) is 13.4 Å². The summed E-state index contributed by atoms with van der Waals surface area (Å²) in [6, 6.07) is 4.80. The molecule has 0 aliphatic heterocycles. The summed E-state index contributed by atoms with van der Waals surface area (Å²) < 4.78 is 23.5. The summed E-state index contributed by atoms with van der Waals surface area (Å²) in [5.41, 5.74) is 0. The van der Waals surface area contributed by atoms with E-state index in [1.165, 1.54) is 0 Å². The monoisotopic (exact) mass is 171 g/mol. The molecule has 0 fully saturated rings. The van der Waals surface area contributed by atoms with Crippen LogP contribution in [0.1, 0.15) is 0 Å². The van der Waals surface area contributed by atoms with E-state index < -0.39 is 10.0 Å². The van der Waals surface area contributed by atoms with Gasteiger partial charge in [0.05, 0.1) is 12.5 Å². The van der Waals surface area contributed by atoms with Gasteiger partial charge in [-0.3, -0.25) is 4.72 Å². The smallest absolute Gasteiger partial charge is 0.230 e. The summed E-state index contributed by atoms with van der Waals surface area (Å²) in [4.78, 5) is 3.65. The summed E-state index contributed by atoms with van der Waals surface area (Å²) in [6.45, 7) is 0. The number of hydrogen-bond donors (Lipinski definition) is 1. The molecule has 11 heavy (non-hydrogen) atoms. The highest BCUT2D eigenvalue weighted by Crippen LogP contribution is 2.00. The van der Waals surface area contributed by atoms with Crippen molar-refractivity contribution >= 4 is 15.8 Å². The molecule has 59 valence electrons. The molecule has 4 nitrogen and oxygen atoms in total.